The third-order valence-electron chi connectivity index (χ3n) is 4.92. The van der Waals surface area contributed by atoms with Gasteiger partial charge in [-0.25, -0.2) is 19.6 Å². The minimum absolute atomic E-state index is 0.115. The van der Waals surface area contributed by atoms with E-state index in [1.54, 1.807) is 24.8 Å². The molecular weight excluding hydrogens is 612 g/mol. The average Bonchev–Trinajstić information content (AvgIpc) is 3.85. The van der Waals surface area contributed by atoms with Crippen LogP contribution in [0.15, 0.2) is 104 Å². The summed E-state index contributed by atoms with van der Waals surface area (Å²) in [5, 5.41) is 33.8. The minimum atomic E-state index is -0.691. The molecule has 6 rings (SSSR count). The second-order valence-corrected chi connectivity index (χ2v) is 8.23. The predicted molar refractivity (Wildman–Crippen MR) is 155 cm³/mol. The Morgan fingerprint density at radius 3 is 1.24 bits per heavy atom. The first-order chi connectivity index (χ1) is 22.1. The second kappa shape index (κ2) is 17.1. The zero-order chi connectivity index (χ0) is 33.3. The molecular formula is C26H22N10O10. The molecule has 0 radical (unpaired) electrons. The number of hydrogen-bond donors (Lipinski definition) is 2. The molecule has 0 unspecified atom stereocenters. The standard InChI is InChI=1S/2C8H6N4O5.2C5H5N/c2*13-6-4-11(8(14)10-6)9-3-5-1-2-7(17-5)12(15)16;2*1-2-4-6-5-3-1/h2*1-3H,4H2,(H,10,13,14);2*1-5H/b2*9-3+;;. The number of amides is 6. The van der Waals surface area contributed by atoms with Crippen LogP contribution in [0.4, 0.5) is 21.4 Å². The Balaban J connectivity index is 0.000000185. The number of nitro groups is 2. The largest absolute Gasteiger partial charge is 0.433 e. The van der Waals surface area contributed by atoms with Gasteiger partial charge >= 0.3 is 23.8 Å². The normalized spacial score (nSPS) is 13.7. The van der Waals surface area contributed by atoms with E-state index < -0.39 is 45.5 Å². The summed E-state index contributed by atoms with van der Waals surface area (Å²) < 4.78 is 9.55. The van der Waals surface area contributed by atoms with Gasteiger partial charge in [0.1, 0.15) is 22.9 Å². The van der Waals surface area contributed by atoms with Gasteiger partial charge in [-0.2, -0.15) is 10.2 Å². The molecule has 2 aliphatic heterocycles. The molecule has 46 heavy (non-hydrogen) atoms. The average molecular weight is 635 g/mol. The highest BCUT2D eigenvalue weighted by Gasteiger charge is 2.27. The summed E-state index contributed by atoms with van der Waals surface area (Å²) in [5.41, 5.74) is 0. The summed E-state index contributed by atoms with van der Waals surface area (Å²) in [7, 11) is 0. The summed E-state index contributed by atoms with van der Waals surface area (Å²) in [6, 6.07) is 15.1. The van der Waals surface area contributed by atoms with Crippen molar-refractivity contribution in [3.8, 4) is 0 Å². The molecule has 2 fully saturated rings. The van der Waals surface area contributed by atoms with Crippen LogP contribution in [0.3, 0.4) is 0 Å². The molecule has 236 valence electrons. The molecule has 6 heterocycles. The van der Waals surface area contributed by atoms with Gasteiger partial charge in [0, 0.05) is 24.8 Å². The van der Waals surface area contributed by atoms with Gasteiger partial charge in [-0.15, -0.1) is 0 Å². The lowest BCUT2D eigenvalue weighted by atomic mass is 10.5. The molecule has 20 heteroatoms. The maximum Gasteiger partial charge on any atom is 0.433 e. The van der Waals surface area contributed by atoms with E-state index in [2.05, 4.69) is 20.2 Å². The quantitative estimate of drug-likeness (QED) is 0.134. The van der Waals surface area contributed by atoms with Crippen LogP contribution in [0.1, 0.15) is 11.5 Å². The van der Waals surface area contributed by atoms with Gasteiger partial charge in [0.05, 0.1) is 24.6 Å². The molecule has 0 aliphatic carbocycles. The first-order valence-electron chi connectivity index (χ1n) is 12.6. The van der Waals surface area contributed by atoms with Crippen LogP contribution in [0.25, 0.3) is 0 Å². The molecule has 4 aromatic rings. The molecule has 0 spiro atoms. The third kappa shape index (κ3) is 11.3. The molecule has 2 aliphatic rings. The van der Waals surface area contributed by atoms with Gasteiger partial charge in [-0.05, 0) is 36.4 Å². The van der Waals surface area contributed by atoms with Crippen molar-refractivity contribution in [2.45, 2.75) is 0 Å². The van der Waals surface area contributed by atoms with Crippen LogP contribution >= 0.6 is 0 Å². The summed E-state index contributed by atoms with van der Waals surface area (Å²) >= 11 is 0. The molecule has 20 nitrogen and oxygen atoms in total. The number of aromatic nitrogens is 2. The number of carbonyl (C=O) groups is 4. The van der Waals surface area contributed by atoms with Crippen LogP contribution in [0, 0.1) is 20.2 Å². The Kier molecular flexibility index (Phi) is 12.4. The van der Waals surface area contributed by atoms with Gasteiger partial charge in [0.25, 0.3) is 0 Å². The molecule has 6 amide bonds. The Morgan fingerprint density at radius 1 is 0.652 bits per heavy atom. The molecule has 2 N–H and O–H groups in total. The number of nitrogens with zero attached hydrogens (tertiary/aromatic N) is 8. The number of imide groups is 2. The molecule has 4 aromatic heterocycles. The number of hydrazone groups is 2. The number of pyridine rings is 2. The summed E-state index contributed by atoms with van der Waals surface area (Å²) in [6.45, 7) is -0.365. The van der Waals surface area contributed by atoms with Crippen molar-refractivity contribution in [1.29, 1.82) is 0 Å². The number of furan rings is 2. The molecule has 0 atom stereocenters. The zero-order valence-corrected chi connectivity index (χ0v) is 23.3. The summed E-state index contributed by atoms with van der Waals surface area (Å²) in [4.78, 5) is 70.6. The van der Waals surface area contributed by atoms with Gasteiger partial charge in [-0.3, -0.25) is 50.4 Å². The fourth-order valence-corrected chi connectivity index (χ4v) is 2.95. The number of carbonyl (C=O) groups excluding carboxylic acids is 4. The van der Waals surface area contributed by atoms with E-state index in [1.807, 2.05) is 47.0 Å². The molecule has 0 saturated carbocycles. The number of urea groups is 2. The topological polar surface area (TPSA) is 262 Å². The predicted octanol–water partition coefficient (Wildman–Crippen LogP) is 2.31. The monoisotopic (exact) mass is 634 g/mol. The van der Waals surface area contributed by atoms with E-state index in [9.17, 15) is 39.4 Å². The number of hydrogen-bond acceptors (Lipinski definition) is 14. The SMILES string of the molecule is O=C1CN(/N=C/c2ccc([N+](=O)[O-])o2)C(=O)N1.O=C1CN(/N=C/c2ccc([N+](=O)[O-])o2)C(=O)N1.c1ccncc1.c1ccncc1. The highest BCUT2D eigenvalue weighted by atomic mass is 16.7. The summed E-state index contributed by atoms with van der Waals surface area (Å²) in [6.07, 6.45) is 9.23. The zero-order valence-electron chi connectivity index (χ0n) is 23.3. The van der Waals surface area contributed by atoms with Crippen LogP contribution < -0.4 is 10.6 Å². The Bertz CT molecular complexity index is 1530. The van der Waals surface area contributed by atoms with Crippen LogP contribution in [0.5, 0.6) is 0 Å². The smallest absolute Gasteiger partial charge is 0.400 e. The lowest BCUT2D eigenvalue weighted by Crippen LogP contribution is -2.24. The van der Waals surface area contributed by atoms with Crippen molar-refractivity contribution < 1.29 is 37.9 Å². The van der Waals surface area contributed by atoms with Crippen molar-refractivity contribution in [3.05, 3.63) is 117 Å². The van der Waals surface area contributed by atoms with Crippen LogP contribution in [0.2, 0.25) is 0 Å². The van der Waals surface area contributed by atoms with E-state index in [1.165, 1.54) is 12.1 Å². The van der Waals surface area contributed by atoms with Crippen molar-refractivity contribution in [3.63, 3.8) is 0 Å². The van der Waals surface area contributed by atoms with Crippen molar-refractivity contribution >= 4 is 48.1 Å². The number of rotatable bonds is 6. The summed E-state index contributed by atoms with van der Waals surface area (Å²) in [5.74, 6) is -1.54. The Morgan fingerprint density at radius 2 is 1.02 bits per heavy atom. The molecule has 0 bridgehead atoms. The van der Waals surface area contributed by atoms with Crippen molar-refractivity contribution in [2.75, 3.05) is 13.1 Å². The highest BCUT2D eigenvalue weighted by Crippen LogP contribution is 2.15. The van der Waals surface area contributed by atoms with E-state index in [0.29, 0.717) is 0 Å². The van der Waals surface area contributed by atoms with E-state index in [0.717, 1.165) is 34.6 Å². The lowest BCUT2D eigenvalue weighted by molar-refractivity contribution is -0.402. The minimum Gasteiger partial charge on any atom is -0.400 e. The van der Waals surface area contributed by atoms with Gasteiger partial charge in [0.2, 0.25) is 11.8 Å². The highest BCUT2D eigenvalue weighted by molar-refractivity contribution is 6.02. The van der Waals surface area contributed by atoms with E-state index in [-0.39, 0.29) is 24.6 Å². The second-order valence-electron chi connectivity index (χ2n) is 8.23. The Hall–Kier alpha value is -7.12. The first-order valence-corrected chi connectivity index (χ1v) is 12.6. The van der Waals surface area contributed by atoms with E-state index in [4.69, 9.17) is 8.83 Å². The van der Waals surface area contributed by atoms with Crippen LogP contribution in [-0.4, -0.2) is 79.2 Å². The van der Waals surface area contributed by atoms with Gasteiger partial charge < -0.3 is 8.83 Å². The Labute approximate surface area is 257 Å². The van der Waals surface area contributed by atoms with Gasteiger partial charge in [-0.1, -0.05) is 12.1 Å². The molecule has 2 saturated heterocycles. The van der Waals surface area contributed by atoms with Crippen molar-refractivity contribution in [2.24, 2.45) is 10.2 Å². The number of nitrogens with one attached hydrogen (secondary N) is 2. The fourth-order valence-electron chi connectivity index (χ4n) is 2.95. The fraction of sp³-hybridized carbons (Fsp3) is 0.0769. The maximum absolute atomic E-state index is 11.1. The van der Waals surface area contributed by atoms with Crippen LogP contribution in [-0.2, 0) is 9.59 Å². The van der Waals surface area contributed by atoms with E-state index >= 15 is 0 Å². The van der Waals surface area contributed by atoms with Gasteiger partial charge in [0.15, 0.2) is 11.5 Å². The first kappa shape index (κ1) is 33.4. The maximum atomic E-state index is 11.1. The third-order valence-corrected chi connectivity index (χ3v) is 4.92. The van der Waals surface area contributed by atoms with Crippen molar-refractivity contribution in [1.82, 2.24) is 30.6 Å². The molecule has 0 aromatic carbocycles. The lowest BCUT2D eigenvalue weighted by Gasteiger charge is -2.02.